The molecule has 0 atom stereocenters. The van der Waals surface area contributed by atoms with Gasteiger partial charge in [0.25, 0.3) is 0 Å². The Kier molecular flexibility index (Phi) is 6.45. The summed E-state index contributed by atoms with van der Waals surface area (Å²) in [6.07, 6.45) is 6.75. The normalized spacial score (nSPS) is 20.3. The number of likely N-dealkylation sites (N-methyl/N-ethyl adjacent to an activating group) is 1. The Morgan fingerprint density at radius 3 is 2.12 bits per heavy atom. The summed E-state index contributed by atoms with van der Waals surface area (Å²) in [6, 6.07) is 0.219. The maximum atomic E-state index is 12.3. The number of nitrogens with one attached hydrogen (secondary N) is 1. The van der Waals surface area contributed by atoms with Crippen molar-refractivity contribution in [2.24, 2.45) is 0 Å². The van der Waals surface area contributed by atoms with Gasteiger partial charge in [0.15, 0.2) is 0 Å². The summed E-state index contributed by atoms with van der Waals surface area (Å²) >= 11 is 0. The number of sulfonamides is 1. The molecule has 1 aliphatic heterocycles. The van der Waals surface area contributed by atoms with Crippen LogP contribution in [-0.2, 0) is 14.8 Å². The molecule has 9 heteroatoms. The van der Waals surface area contributed by atoms with Crippen LogP contribution in [-0.4, -0.2) is 86.5 Å². The molecule has 3 amide bonds. The molecule has 2 rings (SSSR count). The Morgan fingerprint density at radius 2 is 1.58 bits per heavy atom. The van der Waals surface area contributed by atoms with Crippen molar-refractivity contribution in [3.05, 3.63) is 0 Å². The molecule has 1 aliphatic carbocycles. The highest BCUT2D eigenvalue weighted by Gasteiger charge is 2.27. The van der Waals surface area contributed by atoms with Gasteiger partial charge in [-0.15, -0.1) is 0 Å². The van der Waals surface area contributed by atoms with Crippen LogP contribution in [0.15, 0.2) is 0 Å². The van der Waals surface area contributed by atoms with E-state index in [1.54, 1.807) is 9.80 Å². The number of amides is 3. The molecule has 0 aromatic rings. The molecule has 0 spiro atoms. The highest BCUT2D eigenvalue weighted by atomic mass is 32.2. The lowest BCUT2D eigenvalue weighted by Crippen LogP contribution is -2.55. The second-order valence-electron chi connectivity index (χ2n) is 6.67. The first-order valence-corrected chi connectivity index (χ1v) is 10.4. The van der Waals surface area contributed by atoms with Crippen molar-refractivity contribution in [3.8, 4) is 0 Å². The summed E-state index contributed by atoms with van der Waals surface area (Å²) in [5, 5.41) is 3.08. The lowest BCUT2D eigenvalue weighted by Gasteiger charge is -2.36. The number of rotatable bonds is 4. The highest BCUT2D eigenvalue weighted by molar-refractivity contribution is 7.88. The Morgan fingerprint density at radius 1 is 1.04 bits per heavy atom. The molecule has 0 bridgehead atoms. The van der Waals surface area contributed by atoms with Crippen LogP contribution >= 0.6 is 0 Å². The summed E-state index contributed by atoms with van der Waals surface area (Å²) in [4.78, 5) is 27.8. The third-order valence-electron chi connectivity index (χ3n) is 4.78. The van der Waals surface area contributed by atoms with E-state index in [0.29, 0.717) is 26.2 Å². The van der Waals surface area contributed by atoms with Gasteiger partial charge in [-0.1, -0.05) is 19.3 Å². The fourth-order valence-corrected chi connectivity index (χ4v) is 3.42. The van der Waals surface area contributed by atoms with Crippen LogP contribution in [0.4, 0.5) is 4.79 Å². The van der Waals surface area contributed by atoms with Crippen LogP contribution in [0, 0.1) is 0 Å². The molecule has 1 heterocycles. The van der Waals surface area contributed by atoms with E-state index in [2.05, 4.69) is 5.32 Å². The van der Waals surface area contributed by atoms with Gasteiger partial charge >= 0.3 is 6.03 Å². The van der Waals surface area contributed by atoms with Crippen LogP contribution < -0.4 is 5.32 Å². The smallest absolute Gasteiger partial charge is 0.317 e. The van der Waals surface area contributed by atoms with Crippen LogP contribution in [0.25, 0.3) is 0 Å². The summed E-state index contributed by atoms with van der Waals surface area (Å²) in [5.74, 6) is -0.227. The van der Waals surface area contributed by atoms with E-state index in [-0.39, 0.29) is 24.5 Å². The van der Waals surface area contributed by atoms with E-state index in [1.165, 1.54) is 26.3 Å². The molecule has 0 radical (unpaired) electrons. The van der Waals surface area contributed by atoms with E-state index in [9.17, 15) is 18.0 Å². The molecule has 0 unspecified atom stereocenters. The number of nitrogens with zero attached hydrogens (tertiary/aromatic N) is 3. The maximum Gasteiger partial charge on any atom is 0.317 e. The number of urea groups is 1. The van der Waals surface area contributed by atoms with E-state index in [1.807, 2.05) is 0 Å². The molecule has 1 saturated heterocycles. The van der Waals surface area contributed by atoms with Gasteiger partial charge in [-0.2, -0.15) is 4.31 Å². The Bertz CT molecular complexity index is 552. The molecule has 24 heavy (non-hydrogen) atoms. The molecule has 1 saturated carbocycles. The molecule has 0 aromatic carbocycles. The summed E-state index contributed by atoms with van der Waals surface area (Å²) in [7, 11) is -1.98. The minimum atomic E-state index is -3.37. The van der Waals surface area contributed by atoms with Gasteiger partial charge in [-0.05, 0) is 12.8 Å². The van der Waals surface area contributed by atoms with Crippen molar-refractivity contribution in [1.29, 1.82) is 0 Å². The van der Waals surface area contributed by atoms with E-state index < -0.39 is 10.0 Å². The van der Waals surface area contributed by atoms with Crippen LogP contribution in [0.5, 0.6) is 0 Å². The standard InChI is InChI=1S/C15H28N4O4S/c1-17(24(2,22)23)12-14(20)18-8-10-19(11-9-18)15(21)16-13-6-4-3-5-7-13/h13H,3-12H2,1-2H3,(H,16,21). The number of carbonyl (C=O) groups excluding carboxylic acids is 2. The van der Waals surface area contributed by atoms with Gasteiger partial charge in [0.2, 0.25) is 15.9 Å². The number of hydrogen-bond acceptors (Lipinski definition) is 4. The van der Waals surface area contributed by atoms with Crippen molar-refractivity contribution in [1.82, 2.24) is 19.4 Å². The van der Waals surface area contributed by atoms with Gasteiger partial charge in [-0.25, -0.2) is 13.2 Å². The fraction of sp³-hybridized carbons (Fsp3) is 0.867. The van der Waals surface area contributed by atoms with Crippen molar-refractivity contribution >= 4 is 22.0 Å². The van der Waals surface area contributed by atoms with Crippen LogP contribution in [0.3, 0.4) is 0 Å². The molecule has 2 fully saturated rings. The first-order chi connectivity index (χ1) is 11.3. The van der Waals surface area contributed by atoms with Crippen molar-refractivity contribution in [2.45, 2.75) is 38.1 Å². The topological polar surface area (TPSA) is 90.0 Å². The molecular weight excluding hydrogens is 332 g/mol. The first-order valence-electron chi connectivity index (χ1n) is 8.52. The highest BCUT2D eigenvalue weighted by Crippen LogP contribution is 2.17. The summed E-state index contributed by atoms with van der Waals surface area (Å²) < 4.78 is 23.8. The minimum absolute atomic E-state index is 0.0535. The monoisotopic (exact) mass is 360 g/mol. The van der Waals surface area contributed by atoms with Gasteiger partial charge < -0.3 is 15.1 Å². The maximum absolute atomic E-state index is 12.3. The summed E-state index contributed by atoms with van der Waals surface area (Å²) in [6.45, 7) is 1.68. The molecule has 1 N–H and O–H groups in total. The third-order valence-corrected chi connectivity index (χ3v) is 6.04. The lowest BCUT2D eigenvalue weighted by molar-refractivity contribution is -0.132. The average molecular weight is 360 g/mol. The van der Waals surface area contributed by atoms with Crippen molar-refractivity contribution in [3.63, 3.8) is 0 Å². The Labute approximate surface area is 144 Å². The summed E-state index contributed by atoms with van der Waals surface area (Å²) in [5.41, 5.74) is 0. The number of carbonyl (C=O) groups is 2. The predicted molar refractivity (Wildman–Crippen MR) is 91.0 cm³/mol. The molecular formula is C15H28N4O4S. The zero-order valence-corrected chi connectivity index (χ0v) is 15.3. The van der Waals surface area contributed by atoms with E-state index >= 15 is 0 Å². The second-order valence-corrected chi connectivity index (χ2v) is 8.76. The molecule has 138 valence electrons. The largest absolute Gasteiger partial charge is 0.338 e. The molecule has 0 aromatic heterocycles. The van der Waals surface area contributed by atoms with Crippen LogP contribution in [0.1, 0.15) is 32.1 Å². The molecule has 2 aliphatic rings. The molecule has 8 nitrogen and oxygen atoms in total. The zero-order valence-electron chi connectivity index (χ0n) is 14.5. The van der Waals surface area contributed by atoms with Gasteiger partial charge in [0.05, 0.1) is 12.8 Å². The van der Waals surface area contributed by atoms with Gasteiger partial charge in [0.1, 0.15) is 0 Å². The minimum Gasteiger partial charge on any atom is -0.338 e. The van der Waals surface area contributed by atoms with Crippen molar-refractivity contribution < 1.29 is 18.0 Å². The second kappa shape index (κ2) is 8.15. The fourth-order valence-electron chi connectivity index (χ4n) is 3.08. The Balaban J connectivity index is 1.76. The third kappa shape index (κ3) is 5.34. The number of hydrogen-bond donors (Lipinski definition) is 1. The lowest BCUT2D eigenvalue weighted by atomic mass is 9.96. The van der Waals surface area contributed by atoms with Gasteiger partial charge in [0, 0.05) is 39.3 Å². The van der Waals surface area contributed by atoms with E-state index in [4.69, 9.17) is 0 Å². The quantitative estimate of drug-likeness (QED) is 0.768. The number of piperazine rings is 1. The van der Waals surface area contributed by atoms with Gasteiger partial charge in [-0.3, -0.25) is 4.79 Å². The predicted octanol–water partition coefficient (Wildman–Crippen LogP) is 0.0643. The van der Waals surface area contributed by atoms with E-state index in [0.717, 1.165) is 23.4 Å². The average Bonchev–Trinajstić information content (AvgIpc) is 2.55. The first kappa shape index (κ1) is 19.0. The van der Waals surface area contributed by atoms with Crippen molar-refractivity contribution in [2.75, 3.05) is 46.0 Å². The SMILES string of the molecule is CN(CC(=O)N1CCN(C(=O)NC2CCCCC2)CC1)S(C)(=O)=O. The zero-order chi connectivity index (χ0) is 17.7. The van der Waals surface area contributed by atoms with Crippen LogP contribution in [0.2, 0.25) is 0 Å². The Hall–Kier alpha value is -1.35.